The number of carboxylic acid groups (broad SMARTS) is 1. The lowest BCUT2D eigenvalue weighted by Gasteiger charge is -2.32. The van der Waals surface area contributed by atoms with Gasteiger partial charge in [-0.25, -0.2) is 4.79 Å². The maximum atomic E-state index is 12.6. The third kappa shape index (κ3) is 2.93. The molecule has 0 aromatic heterocycles. The van der Waals surface area contributed by atoms with E-state index in [2.05, 4.69) is 0 Å². The van der Waals surface area contributed by atoms with Crippen LogP contribution in [0, 0.1) is 0 Å². The van der Waals surface area contributed by atoms with Crippen molar-refractivity contribution in [2.75, 3.05) is 13.7 Å². The molecule has 0 saturated heterocycles. The molecule has 1 aliphatic heterocycles. The fourth-order valence-corrected chi connectivity index (χ4v) is 2.24. The Bertz CT molecular complexity index is 585. The van der Waals surface area contributed by atoms with Gasteiger partial charge in [-0.15, -0.1) is 0 Å². The monoisotopic (exact) mass is 303 g/mol. The van der Waals surface area contributed by atoms with Crippen molar-refractivity contribution in [3.05, 3.63) is 29.3 Å². The van der Waals surface area contributed by atoms with Gasteiger partial charge in [-0.3, -0.25) is 4.79 Å². The van der Waals surface area contributed by atoms with Crippen molar-refractivity contribution < 1.29 is 32.6 Å². The Kier molecular flexibility index (Phi) is 3.80. The minimum absolute atomic E-state index is 0.0195. The summed E-state index contributed by atoms with van der Waals surface area (Å²) in [6.45, 7) is 0.107. The number of likely N-dealkylation sites (N-methyl/N-ethyl adjacent to an activating group) is 1. The maximum Gasteiger partial charge on any atom is 0.416 e. The molecule has 21 heavy (non-hydrogen) atoms. The molecule has 0 aliphatic carbocycles. The van der Waals surface area contributed by atoms with Gasteiger partial charge in [0.25, 0.3) is 0 Å². The number of benzene rings is 1. The molecule has 5 nitrogen and oxygen atoms in total. The van der Waals surface area contributed by atoms with Crippen molar-refractivity contribution >= 4 is 11.9 Å². The van der Waals surface area contributed by atoms with Crippen LogP contribution in [-0.2, 0) is 15.8 Å². The van der Waals surface area contributed by atoms with E-state index in [9.17, 15) is 22.8 Å². The number of fused-ring (bicyclic) bond motifs is 1. The first kappa shape index (κ1) is 15.1. The van der Waals surface area contributed by atoms with Crippen LogP contribution < -0.4 is 4.74 Å². The average molecular weight is 303 g/mol. The van der Waals surface area contributed by atoms with E-state index in [0.717, 1.165) is 17.0 Å². The molecule has 0 bridgehead atoms. The second kappa shape index (κ2) is 5.27. The van der Waals surface area contributed by atoms with Crippen molar-refractivity contribution in [2.45, 2.75) is 18.6 Å². The topological polar surface area (TPSA) is 66.8 Å². The summed E-state index contributed by atoms with van der Waals surface area (Å²) in [6.07, 6.45) is -4.18. The van der Waals surface area contributed by atoms with E-state index < -0.39 is 29.7 Å². The molecule has 2 rings (SSSR count). The molecule has 1 N–H and O–H groups in total. The standard InChI is InChI=1S/C13H12F3NO4/c1-17(11(18)12(19)20)9-4-5-21-10-6-7(13(14,15)16)2-3-8(9)10/h2-3,6,9H,4-5H2,1H3,(H,19,20). The SMILES string of the molecule is CN(C(=O)C(=O)O)C1CCOc2cc(C(F)(F)F)ccc21. The number of rotatable bonds is 1. The Morgan fingerprint density at radius 3 is 2.62 bits per heavy atom. The minimum Gasteiger partial charge on any atom is -0.493 e. The van der Waals surface area contributed by atoms with Gasteiger partial charge in [-0.1, -0.05) is 6.07 Å². The molecule has 1 heterocycles. The van der Waals surface area contributed by atoms with Crippen LogP contribution in [0.5, 0.6) is 5.75 Å². The number of hydrogen-bond donors (Lipinski definition) is 1. The number of alkyl halides is 3. The summed E-state index contributed by atoms with van der Waals surface area (Å²) in [7, 11) is 1.30. The van der Waals surface area contributed by atoms with Gasteiger partial charge in [-0.2, -0.15) is 13.2 Å². The van der Waals surface area contributed by atoms with Crippen molar-refractivity contribution in [3.63, 3.8) is 0 Å². The first-order chi connectivity index (χ1) is 9.71. The van der Waals surface area contributed by atoms with Gasteiger partial charge in [-0.05, 0) is 12.1 Å². The molecule has 0 saturated carbocycles. The molecule has 1 amide bonds. The summed E-state index contributed by atoms with van der Waals surface area (Å²) in [5.74, 6) is -2.71. The Labute approximate surface area is 117 Å². The Morgan fingerprint density at radius 2 is 2.05 bits per heavy atom. The van der Waals surface area contributed by atoms with Crippen LogP contribution in [0.3, 0.4) is 0 Å². The van der Waals surface area contributed by atoms with Gasteiger partial charge in [0.05, 0.1) is 18.2 Å². The van der Waals surface area contributed by atoms with Crippen molar-refractivity contribution in [3.8, 4) is 5.75 Å². The molecule has 1 aromatic rings. The fraction of sp³-hybridized carbons (Fsp3) is 0.385. The highest BCUT2D eigenvalue weighted by molar-refractivity contribution is 6.31. The van der Waals surface area contributed by atoms with E-state index in [4.69, 9.17) is 9.84 Å². The largest absolute Gasteiger partial charge is 0.493 e. The fourth-order valence-electron chi connectivity index (χ4n) is 2.24. The quantitative estimate of drug-likeness (QED) is 0.807. The summed E-state index contributed by atoms with van der Waals surface area (Å²) in [5, 5.41) is 8.71. The zero-order chi connectivity index (χ0) is 15.8. The molecule has 114 valence electrons. The van der Waals surface area contributed by atoms with Crippen LogP contribution in [0.15, 0.2) is 18.2 Å². The van der Waals surface area contributed by atoms with E-state index in [1.807, 2.05) is 0 Å². The van der Waals surface area contributed by atoms with E-state index in [1.165, 1.54) is 13.1 Å². The Balaban J connectivity index is 2.36. The van der Waals surface area contributed by atoms with Crippen LogP contribution in [0.1, 0.15) is 23.6 Å². The molecule has 1 unspecified atom stereocenters. The predicted octanol–water partition coefficient (Wildman–Crippen LogP) is 2.07. The number of ether oxygens (including phenoxy) is 1. The molecule has 1 aliphatic rings. The highest BCUT2D eigenvalue weighted by atomic mass is 19.4. The van der Waals surface area contributed by atoms with E-state index in [1.54, 1.807) is 0 Å². The third-order valence-electron chi connectivity index (χ3n) is 3.32. The number of halogens is 3. The summed E-state index contributed by atoms with van der Waals surface area (Å²) in [6, 6.07) is 2.34. The lowest BCUT2D eigenvalue weighted by molar-refractivity contribution is -0.156. The molecular weight excluding hydrogens is 291 g/mol. The zero-order valence-corrected chi connectivity index (χ0v) is 11.0. The van der Waals surface area contributed by atoms with Gasteiger partial charge in [0, 0.05) is 19.0 Å². The smallest absolute Gasteiger partial charge is 0.416 e. The van der Waals surface area contributed by atoms with Gasteiger partial charge < -0.3 is 14.7 Å². The van der Waals surface area contributed by atoms with E-state index >= 15 is 0 Å². The lowest BCUT2D eigenvalue weighted by atomic mass is 9.97. The van der Waals surface area contributed by atoms with Crippen molar-refractivity contribution in [1.82, 2.24) is 4.90 Å². The van der Waals surface area contributed by atoms with Crippen LogP contribution in [0.25, 0.3) is 0 Å². The van der Waals surface area contributed by atoms with Crippen LogP contribution >= 0.6 is 0 Å². The summed E-state index contributed by atoms with van der Waals surface area (Å²) < 4.78 is 43.1. The van der Waals surface area contributed by atoms with Crippen molar-refractivity contribution in [2.24, 2.45) is 0 Å². The van der Waals surface area contributed by atoms with Gasteiger partial charge in [0.2, 0.25) is 0 Å². The predicted molar refractivity (Wildman–Crippen MR) is 64.7 cm³/mol. The van der Waals surface area contributed by atoms with Crippen LogP contribution in [0.2, 0.25) is 0 Å². The molecule has 8 heteroatoms. The Morgan fingerprint density at radius 1 is 1.38 bits per heavy atom. The summed E-state index contributed by atoms with van der Waals surface area (Å²) in [5.41, 5.74) is -0.486. The molecule has 1 aromatic carbocycles. The number of hydrogen-bond acceptors (Lipinski definition) is 3. The molecular formula is C13H12F3NO4. The number of carbonyl (C=O) groups is 2. The van der Waals surface area contributed by atoms with Gasteiger partial charge >= 0.3 is 18.1 Å². The number of carbonyl (C=O) groups excluding carboxylic acids is 1. The van der Waals surface area contributed by atoms with Crippen molar-refractivity contribution in [1.29, 1.82) is 0 Å². The maximum absolute atomic E-state index is 12.6. The zero-order valence-electron chi connectivity index (χ0n) is 11.0. The second-order valence-electron chi connectivity index (χ2n) is 4.62. The van der Waals surface area contributed by atoms with E-state index in [-0.39, 0.29) is 12.4 Å². The second-order valence-corrected chi connectivity index (χ2v) is 4.62. The minimum atomic E-state index is -4.49. The number of amides is 1. The Hall–Kier alpha value is -2.25. The number of aliphatic carboxylic acids is 1. The first-order valence-corrected chi connectivity index (χ1v) is 6.06. The highest BCUT2D eigenvalue weighted by Crippen LogP contribution is 2.39. The summed E-state index contributed by atoms with van der Waals surface area (Å²) >= 11 is 0. The average Bonchev–Trinajstić information content (AvgIpc) is 2.43. The number of nitrogens with zero attached hydrogens (tertiary/aromatic N) is 1. The normalized spacial score (nSPS) is 17.6. The van der Waals surface area contributed by atoms with Gasteiger partial charge in [0.1, 0.15) is 5.75 Å². The summed E-state index contributed by atoms with van der Waals surface area (Å²) in [4.78, 5) is 23.2. The number of carboxylic acids is 1. The third-order valence-corrected chi connectivity index (χ3v) is 3.32. The van der Waals surface area contributed by atoms with E-state index in [0.29, 0.717) is 12.0 Å². The molecule has 0 radical (unpaired) electrons. The lowest BCUT2D eigenvalue weighted by Crippen LogP contribution is -2.38. The van der Waals surface area contributed by atoms with Crippen LogP contribution in [-0.4, -0.2) is 35.5 Å². The van der Waals surface area contributed by atoms with Gasteiger partial charge in [0.15, 0.2) is 0 Å². The highest BCUT2D eigenvalue weighted by Gasteiger charge is 2.35. The molecule has 0 spiro atoms. The molecule has 0 fully saturated rings. The molecule has 1 atom stereocenters. The first-order valence-electron chi connectivity index (χ1n) is 6.06. The van der Waals surface area contributed by atoms with Crippen LogP contribution in [0.4, 0.5) is 13.2 Å².